The van der Waals surface area contributed by atoms with Gasteiger partial charge in [0.25, 0.3) is 0 Å². The third-order valence-electron chi connectivity index (χ3n) is 3.04. The predicted octanol–water partition coefficient (Wildman–Crippen LogP) is 2.77. The molecule has 0 spiro atoms. The van der Waals surface area contributed by atoms with E-state index in [1.54, 1.807) is 7.11 Å². The predicted molar refractivity (Wildman–Crippen MR) is 77.8 cm³/mol. The first-order chi connectivity index (χ1) is 10.3. The highest BCUT2D eigenvalue weighted by molar-refractivity contribution is 5.71. The Kier molecular flexibility index (Phi) is 4.33. The van der Waals surface area contributed by atoms with Gasteiger partial charge in [-0.25, -0.2) is 0 Å². The summed E-state index contributed by atoms with van der Waals surface area (Å²) < 4.78 is 21.0. The number of hydrogen-bond acceptors (Lipinski definition) is 5. The average Bonchev–Trinajstić information content (AvgIpc) is 3.23. The number of aromatic nitrogens is 1. The van der Waals surface area contributed by atoms with E-state index >= 15 is 0 Å². The van der Waals surface area contributed by atoms with Crippen molar-refractivity contribution >= 4 is 12.2 Å². The van der Waals surface area contributed by atoms with Gasteiger partial charge in [0.05, 0.1) is 6.61 Å². The van der Waals surface area contributed by atoms with Crippen LogP contribution in [-0.2, 0) is 16.1 Å². The van der Waals surface area contributed by atoms with Gasteiger partial charge in [0, 0.05) is 18.7 Å². The van der Waals surface area contributed by atoms with Crippen molar-refractivity contribution in [1.82, 2.24) is 5.16 Å². The zero-order chi connectivity index (χ0) is 14.5. The Labute approximate surface area is 123 Å². The minimum atomic E-state index is 0.245. The molecule has 5 heteroatoms. The van der Waals surface area contributed by atoms with Crippen LogP contribution >= 0.6 is 0 Å². The number of nitrogens with zero attached hydrogens (tertiary/aromatic N) is 1. The van der Waals surface area contributed by atoms with Gasteiger partial charge in [0.15, 0.2) is 5.76 Å². The first-order valence-electron chi connectivity index (χ1n) is 6.81. The zero-order valence-electron chi connectivity index (χ0n) is 11.8. The van der Waals surface area contributed by atoms with Crippen molar-refractivity contribution in [3.8, 4) is 5.75 Å². The van der Waals surface area contributed by atoms with Crippen molar-refractivity contribution in [3.63, 3.8) is 0 Å². The number of para-hydroxylation sites is 1. The molecular formula is C16H17NO4. The van der Waals surface area contributed by atoms with Crippen LogP contribution in [0.1, 0.15) is 17.0 Å². The Balaban J connectivity index is 1.68. The molecule has 0 N–H and O–H groups in total. The smallest absolute Gasteiger partial charge is 0.162 e. The van der Waals surface area contributed by atoms with Gasteiger partial charge in [-0.1, -0.05) is 23.4 Å². The van der Waals surface area contributed by atoms with Crippen LogP contribution in [0.5, 0.6) is 5.75 Å². The fraction of sp³-hybridized carbons (Fsp3) is 0.312. The van der Waals surface area contributed by atoms with E-state index < -0.39 is 0 Å². The van der Waals surface area contributed by atoms with Crippen LogP contribution < -0.4 is 4.74 Å². The molecule has 1 aliphatic rings. The highest BCUT2D eigenvalue weighted by Gasteiger charge is 2.23. The Morgan fingerprint density at radius 1 is 1.33 bits per heavy atom. The Morgan fingerprint density at radius 2 is 2.19 bits per heavy atom. The van der Waals surface area contributed by atoms with Gasteiger partial charge in [0.1, 0.15) is 30.8 Å². The number of benzene rings is 1. The van der Waals surface area contributed by atoms with Crippen LogP contribution in [0.25, 0.3) is 12.2 Å². The Morgan fingerprint density at radius 3 is 3.00 bits per heavy atom. The monoisotopic (exact) mass is 287 g/mol. The molecular weight excluding hydrogens is 270 g/mol. The quantitative estimate of drug-likeness (QED) is 0.733. The molecule has 1 aliphatic heterocycles. The average molecular weight is 287 g/mol. The van der Waals surface area contributed by atoms with Crippen molar-refractivity contribution in [2.45, 2.75) is 12.7 Å². The van der Waals surface area contributed by atoms with Gasteiger partial charge in [0.2, 0.25) is 0 Å². The first-order valence-corrected chi connectivity index (χ1v) is 6.81. The second kappa shape index (κ2) is 6.56. The van der Waals surface area contributed by atoms with Gasteiger partial charge in [-0.15, -0.1) is 0 Å². The summed E-state index contributed by atoms with van der Waals surface area (Å²) in [6.45, 7) is 1.80. The van der Waals surface area contributed by atoms with Crippen molar-refractivity contribution in [3.05, 3.63) is 47.3 Å². The molecule has 2 aromatic rings. The van der Waals surface area contributed by atoms with Gasteiger partial charge < -0.3 is 18.7 Å². The van der Waals surface area contributed by atoms with Crippen molar-refractivity contribution in [2.24, 2.45) is 0 Å². The number of methoxy groups -OCH3 is 1. The number of ether oxygens (including phenoxy) is 3. The number of hydrogen-bond donors (Lipinski definition) is 0. The van der Waals surface area contributed by atoms with E-state index in [2.05, 4.69) is 5.16 Å². The minimum absolute atomic E-state index is 0.245. The summed E-state index contributed by atoms with van der Waals surface area (Å²) in [6.07, 6.45) is 4.09. The summed E-state index contributed by atoms with van der Waals surface area (Å²) in [5, 5.41) is 3.96. The third kappa shape index (κ3) is 3.93. The summed E-state index contributed by atoms with van der Waals surface area (Å²) in [4.78, 5) is 0. The van der Waals surface area contributed by atoms with E-state index in [9.17, 15) is 0 Å². The lowest BCUT2D eigenvalue weighted by atomic mass is 10.1. The maximum atomic E-state index is 5.75. The number of epoxide rings is 1. The maximum Gasteiger partial charge on any atom is 0.162 e. The largest absolute Gasteiger partial charge is 0.490 e. The van der Waals surface area contributed by atoms with E-state index in [0.29, 0.717) is 19.0 Å². The fourth-order valence-corrected chi connectivity index (χ4v) is 1.89. The van der Waals surface area contributed by atoms with Crippen LogP contribution in [0.15, 0.2) is 34.9 Å². The fourth-order valence-electron chi connectivity index (χ4n) is 1.89. The molecule has 2 heterocycles. The van der Waals surface area contributed by atoms with Crippen LogP contribution in [0.3, 0.4) is 0 Å². The molecule has 1 aromatic heterocycles. The second-order valence-electron chi connectivity index (χ2n) is 4.79. The molecule has 0 aliphatic carbocycles. The maximum absolute atomic E-state index is 5.75. The van der Waals surface area contributed by atoms with Crippen molar-refractivity contribution < 1.29 is 18.7 Å². The standard InChI is InChI=1S/C16H17NO4/c1-18-9-14-8-13(17-21-14)7-6-12-4-2-3-5-16(12)20-11-15-10-19-15/h2-8,15H,9-11H2,1H3. The number of rotatable bonds is 7. The lowest BCUT2D eigenvalue weighted by Crippen LogP contribution is -2.04. The van der Waals surface area contributed by atoms with E-state index in [-0.39, 0.29) is 6.10 Å². The van der Waals surface area contributed by atoms with Crippen LogP contribution in [-0.4, -0.2) is 31.6 Å². The minimum Gasteiger partial charge on any atom is -0.490 e. The topological polar surface area (TPSA) is 57.0 Å². The molecule has 3 rings (SSSR count). The molecule has 1 atom stereocenters. The molecule has 0 amide bonds. The van der Waals surface area contributed by atoms with Crippen LogP contribution in [0, 0.1) is 0 Å². The van der Waals surface area contributed by atoms with E-state index in [1.807, 2.05) is 42.5 Å². The molecule has 1 unspecified atom stereocenters. The normalized spacial score (nSPS) is 17.3. The summed E-state index contributed by atoms with van der Waals surface area (Å²) in [5.41, 5.74) is 1.75. The SMILES string of the molecule is COCc1cc(C=Cc2ccccc2OCC2CO2)no1. The second-order valence-corrected chi connectivity index (χ2v) is 4.79. The van der Waals surface area contributed by atoms with Gasteiger partial charge in [-0.2, -0.15) is 0 Å². The molecule has 0 radical (unpaired) electrons. The van der Waals surface area contributed by atoms with Crippen LogP contribution in [0.2, 0.25) is 0 Å². The molecule has 1 fully saturated rings. The molecule has 0 saturated carbocycles. The molecule has 5 nitrogen and oxygen atoms in total. The van der Waals surface area contributed by atoms with Crippen molar-refractivity contribution in [2.75, 3.05) is 20.3 Å². The summed E-state index contributed by atoms with van der Waals surface area (Å²) in [7, 11) is 1.62. The molecule has 21 heavy (non-hydrogen) atoms. The molecule has 0 bridgehead atoms. The Hall–Kier alpha value is -2.11. The van der Waals surface area contributed by atoms with Gasteiger partial charge in [-0.05, 0) is 18.2 Å². The van der Waals surface area contributed by atoms with Gasteiger partial charge >= 0.3 is 0 Å². The lowest BCUT2D eigenvalue weighted by molar-refractivity contribution is 0.156. The van der Waals surface area contributed by atoms with E-state index in [4.69, 9.17) is 18.7 Å². The summed E-state index contributed by atoms with van der Waals surface area (Å²) >= 11 is 0. The molecule has 1 saturated heterocycles. The highest BCUT2D eigenvalue weighted by Crippen LogP contribution is 2.22. The van der Waals surface area contributed by atoms with Crippen LogP contribution in [0.4, 0.5) is 0 Å². The summed E-state index contributed by atoms with van der Waals surface area (Å²) in [5.74, 6) is 1.54. The van der Waals surface area contributed by atoms with E-state index in [0.717, 1.165) is 23.6 Å². The summed E-state index contributed by atoms with van der Waals surface area (Å²) in [6, 6.07) is 9.71. The van der Waals surface area contributed by atoms with Crippen molar-refractivity contribution in [1.29, 1.82) is 0 Å². The lowest BCUT2D eigenvalue weighted by Gasteiger charge is -2.07. The Bertz CT molecular complexity index is 616. The molecule has 110 valence electrons. The van der Waals surface area contributed by atoms with E-state index in [1.165, 1.54) is 0 Å². The highest BCUT2D eigenvalue weighted by atomic mass is 16.6. The molecule has 1 aromatic carbocycles. The first kappa shape index (κ1) is 13.9. The zero-order valence-corrected chi connectivity index (χ0v) is 11.8. The third-order valence-corrected chi connectivity index (χ3v) is 3.04. The van der Waals surface area contributed by atoms with Gasteiger partial charge in [-0.3, -0.25) is 0 Å².